The number of esters is 1. The van der Waals surface area contributed by atoms with E-state index in [1.165, 1.54) is 13.3 Å². The molecule has 1 aliphatic heterocycles. The molecule has 3 heterocycles. The largest absolute Gasteiger partial charge is 0.469 e. The number of nitrogens with zero attached hydrogens (tertiary/aromatic N) is 1. The van der Waals surface area contributed by atoms with E-state index in [9.17, 15) is 9.18 Å². The molecule has 1 aliphatic carbocycles. The molecule has 1 saturated heterocycles. The third-order valence-electron chi connectivity index (χ3n) is 5.72. The van der Waals surface area contributed by atoms with Crippen LogP contribution < -0.4 is 5.32 Å². The van der Waals surface area contributed by atoms with Crippen LogP contribution in [0.15, 0.2) is 6.20 Å². The van der Waals surface area contributed by atoms with Crippen molar-refractivity contribution in [3.8, 4) is 0 Å². The maximum absolute atomic E-state index is 14.7. The van der Waals surface area contributed by atoms with E-state index in [1.807, 2.05) is 0 Å². The van der Waals surface area contributed by atoms with Crippen molar-refractivity contribution < 1.29 is 13.9 Å². The fourth-order valence-electron chi connectivity index (χ4n) is 4.47. The Kier molecular flexibility index (Phi) is 5.82. The van der Waals surface area contributed by atoms with Gasteiger partial charge in [0.15, 0.2) is 0 Å². The van der Waals surface area contributed by atoms with Gasteiger partial charge >= 0.3 is 5.97 Å². The van der Waals surface area contributed by atoms with Gasteiger partial charge in [0.1, 0.15) is 11.5 Å². The average Bonchev–Trinajstić information content (AvgIpc) is 2.84. The smallest absolute Gasteiger partial charge is 0.309 e. The number of piperidine rings is 1. The van der Waals surface area contributed by atoms with Crippen molar-refractivity contribution in [2.45, 2.75) is 44.4 Å². The minimum absolute atomic E-state index is 0. The monoisotopic (exact) mass is 381 g/mol. The number of aromatic nitrogens is 2. The topological polar surface area (TPSA) is 67.0 Å². The van der Waals surface area contributed by atoms with Crippen LogP contribution in [0.25, 0.3) is 11.0 Å². The Morgan fingerprint density at radius 3 is 2.81 bits per heavy atom. The number of rotatable bonds is 2. The first-order chi connectivity index (χ1) is 12.2. The number of aryl methyl sites for hydroxylation is 1. The summed E-state index contributed by atoms with van der Waals surface area (Å²) in [6.07, 6.45) is 6.41. The van der Waals surface area contributed by atoms with Gasteiger partial charge in [-0.2, -0.15) is 0 Å². The zero-order valence-electron chi connectivity index (χ0n) is 14.9. The lowest BCUT2D eigenvalue weighted by atomic mass is 9.87. The molecular weight excluding hydrogens is 357 g/mol. The van der Waals surface area contributed by atoms with Crippen molar-refractivity contribution in [3.05, 3.63) is 28.8 Å². The van der Waals surface area contributed by atoms with Crippen LogP contribution in [0.5, 0.6) is 0 Å². The van der Waals surface area contributed by atoms with E-state index >= 15 is 0 Å². The van der Waals surface area contributed by atoms with Gasteiger partial charge in [-0.25, -0.2) is 9.37 Å². The highest BCUT2D eigenvalue weighted by molar-refractivity contribution is 5.86. The van der Waals surface area contributed by atoms with Crippen molar-refractivity contribution in [2.24, 2.45) is 5.92 Å². The van der Waals surface area contributed by atoms with Gasteiger partial charge in [0, 0.05) is 23.1 Å². The molecule has 142 valence electrons. The van der Waals surface area contributed by atoms with Crippen molar-refractivity contribution in [3.63, 3.8) is 0 Å². The van der Waals surface area contributed by atoms with Gasteiger partial charge in [-0.15, -0.1) is 12.4 Å². The molecular formula is C19H25ClFN3O2. The van der Waals surface area contributed by atoms with Crippen molar-refractivity contribution in [2.75, 3.05) is 20.2 Å². The van der Waals surface area contributed by atoms with Gasteiger partial charge in [0.2, 0.25) is 0 Å². The van der Waals surface area contributed by atoms with Crippen molar-refractivity contribution in [1.29, 1.82) is 0 Å². The van der Waals surface area contributed by atoms with Crippen molar-refractivity contribution >= 4 is 29.4 Å². The molecule has 0 aromatic carbocycles. The summed E-state index contributed by atoms with van der Waals surface area (Å²) in [7, 11) is 1.44. The molecule has 0 saturated carbocycles. The fourth-order valence-corrected chi connectivity index (χ4v) is 4.47. The number of carbonyl (C=O) groups is 1. The average molecular weight is 382 g/mol. The van der Waals surface area contributed by atoms with Crippen LogP contribution in [0.1, 0.15) is 48.4 Å². The quantitative estimate of drug-likeness (QED) is 0.619. The molecule has 1 unspecified atom stereocenters. The predicted molar refractivity (Wildman–Crippen MR) is 100 cm³/mol. The Balaban J connectivity index is 0.00000196. The van der Waals surface area contributed by atoms with E-state index < -0.39 is 0 Å². The number of methoxy groups -OCH3 is 1. The van der Waals surface area contributed by atoms with Crippen LogP contribution in [-0.4, -0.2) is 36.1 Å². The number of aromatic amines is 1. The summed E-state index contributed by atoms with van der Waals surface area (Å²) >= 11 is 0. The fraction of sp³-hybridized carbons (Fsp3) is 0.579. The number of ether oxygens (including phenoxy) is 1. The van der Waals surface area contributed by atoms with E-state index in [-0.39, 0.29) is 36.0 Å². The summed E-state index contributed by atoms with van der Waals surface area (Å²) < 4.78 is 19.7. The van der Waals surface area contributed by atoms with E-state index in [4.69, 9.17) is 4.74 Å². The molecule has 2 aromatic heterocycles. The second-order valence-electron chi connectivity index (χ2n) is 7.17. The van der Waals surface area contributed by atoms with Crippen LogP contribution >= 0.6 is 12.4 Å². The number of H-pyrrole nitrogens is 1. The number of hydrogen-bond acceptors (Lipinski definition) is 4. The number of pyridine rings is 1. The molecule has 0 bridgehead atoms. The summed E-state index contributed by atoms with van der Waals surface area (Å²) in [4.78, 5) is 19.7. The molecule has 4 rings (SSSR count). The first-order valence-electron chi connectivity index (χ1n) is 9.15. The summed E-state index contributed by atoms with van der Waals surface area (Å²) in [5.74, 6) is -0.267. The molecule has 0 radical (unpaired) electrons. The number of carbonyl (C=O) groups excluding carboxylic acids is 1. The second kappa shape index (κ2) is 7.92. The Bertz CT molecular complexity index is 802. The summed E-state index contributed by atoms with van der Waals surface area (Å²) in [6, 6.07) is 0. The van der Waals surface area contributed by atoms with E-state index in [0.717, 1.165) is 73.0 Å². The molecule has 2 N–H and O–H groups in total. The van der Waals surface area contributed by atoms with E-state index in [1.54, 1.807) is 0 Å². The van der Waals surface area contributed by atoms with Gasteiger partial charge < -0.3 is 15.0 Å². The van der Waals surface area contributed by atoms with Crippen LogP contribution in [0.2, 0.25) is 0 Å². The minimum Gasteiger partial charge on any atom is -0.469 e. The normalized spacial score (nSPS) is 20.9. The second-order valence-corrected chi connectivity index (χ2v) is 7.17. The first kappa shape index (κ1) is 19.1. The molecule has 0 amide bonds. The lowest BCUT2D eigenvalue weighted by molar-refractivity contribution is -0.145. The molecule has 1 fully saturated rings. The van der Waals surface area contributed by atoms with Gasteiger partial charge in [0.05, 0.1) is 19.2 Å². The highest BCUT2D eigenvalue weighted by Gasteiger charge is 2.30. The van der Waals surface area contributed by atoms with Crippen LogP contribution in [-0.2, 0) is 22.4 Å². The zero-order chi connectivity index (χ0) is 17.4. The maximum atomic E-state index is 14.7. The molecule has 1 atom stereocenters. The van der Waals surface area contributed by atoms with Gasteiger partial charge in [0.25, 0.3) is 0 Å². The van der Waals surface area contributed by atoms with Gasteiger partial charge in [-0.3, -0.25) is 4.79 Å². The third kappa shape index (κ3) is 3.32. The van der Waals surface area contributed by atoms with E-state index in [0.29, 0.717) is 6.42 Å². The number of nitrogens with one attached hydrogen (secondary N) is 2. The molecule has 5 nitrogen and oxygen atoms in total. The summed E-state index contributed by atoms with van der Waals surface area (Å²) in [6.45, 7) is 1.84. The van der Waals surface area contributed by atoms with Crippen LogP contribution in [0.3, 0.4) is 0 Å². The third-order valence-corrected chi connectivity index (χ3v) is 5.72. The van der Waals surface area contributed by atoms with Gasteiger partial charge in [-0.05, 0) is 56.7 Å². The molecule has 26 heavy (non-hydrogen) atoms. The van der Waals surface area contributed by atoms with Crippen LogP contribution in [0.4, 0.5) is 4.39 Å². The molecule has 0 spiro atoms. The van der Waals surface area contributed by atoms with Gasteiger partial charge in [-0.1, -0.05) is 0 Å². The molecule has 2 aliphatic rings. The summed E-state index contributed by atoms with van der Waals surface area (Å²) in [5.41, 5.74) is 3.75. The Labute approximate surface area is 158 Å². The number of halogens is 2. The Morgan fingerprint density at radius 2 is 2.08 bits per heavy atom. The lowest BCUT2D eigenvalue weighted by Crippen LogP contribution is -2.27. The molecule has 7 heteroatoms. The highest BCUT2D eigenvalue weighted by atomic mass is 35.5. The Morgan fingerprint density at radius 1 is 1.31 bits per heavy atom. The summed E-state index contributed by atoms with van der Waals surface area (Å²) in [5, 5.41) is 4.31. The SMILES string of the molecule is COC(=O)C1CCCc2c([nH]c3ncc(F)c(C4CCNCC4)c23)C1.Cl. The number of fused-ring (bicyclic) bond motifs is 3. The molecule has 2 aromatic rings. The van der Waals surface area contributed by atoms with E-state index in [2.05, 4.69) is 15.3 Å². The van der Waals surface area contributed by atoms with Crippen molar-refractivity contribution in [1.82, 2.24) is 15.3 Å². The number of hydrogen-bond donors (Lipinski definition) is 2. The highest BCUT2D eigenvalue weighted by Crippen LogP contribution is 2.38. The van der Waals surface area contributed by atoms with Crippen LogP contribution in [0, 0.1) is 11.7 Å². The standard InChI is InChI=1S/C19H24FN3O2.ClH/c1-25-19(24)12-3-2-4-13-15(9-12)23-18-17(13)16(14(20)10-22-18)11-5-7-21-8-6-11;/h10-12,21H,2-9H2,1H3,(H,22,23);1H. The zero-order valence-corrected chi connectivity index (χ0v) is 15.8. The Hall–Kier alpha value is -1.66. The minimum atomic E-state index is -0.199. The predicted octanol–water partition coefficient (Wildman–Crippen LogP) is 3.26. The lowest BCUT2D eigenvalue weighted by Gasteiger charge is -2.24. The maximum Gasteiger partial charge on any atom is 0.309 e. The first-order valence-corrected chi connectivity index (χ1v) is 9.15.